The number of anilines is 1. The number of esters is 1. The Bertz CT molecular complexity index is 1090. The van der Waals surface area contributed by atoms with Crippen LogP contribution in [0.15, 0.2) is 41.3 Å². The molecule has 1 heterocycles. The van der Waals surface area contributed by atoms with Crippen LogP contribution in [0.2, 0.25) is 0 Å². The second-order valence-electron chi connectivity index (χ2n) is 6.40. The molecule has 1 aliphatic rings. The van der Waals surface area contributed by atoms with Crippen molar-refractivity contribution in [3.05, 3.63) is 47.5 Å². The highest BCUT2D eigenvalue weighted by Gasteiger charge is 2.36. The van der Waals surface area contributed by atoms with E-state index in [2.05, 4.69) is 4.74 Å². The molecule has 1 saturated heterocycles. The molecule has 9 nitrogen and oxygen atoms in total. The van der Waals surface area contributed by atoms with E-state index in [1.165, 1.54) is 6.07 Å². The maximum atomic E-state index is 12.3. The van der Waals surface area contributed by atoms with Gasteiger partial charge in [0.05, 0.1) is 18.4 Å². The van der Waals surface area contributed by atoms with Crippen LogP contribution in [0, 0.1) is 6.92 Å². The van der Waals surface area contributed by atoms with Crippen molar-refractivity contribution in [3.8, 4) is 11.5 Å². The predicted octanol–water partition coefficient (Wildman–Crippen LogP) is 1.87. The molecule has 2 aromatic rings. The maximum Gasteiger partial charge on any atom is 0.337 e. The number of ether oxygens (including phenoxy) is 2. The molecule has 29 heavy (non-hydrogen) atoms. The summed E-state index contributed by atoms with van der Waals surface area (Å²) >= 11 is 0. The summed E-state index contributed by atoms with van der Waals surface area (Å²) in [6, 6.07) is 8.81. The van der Waals surface area contributed by atoms with Gasteiger partial charge in [-0.15, -0.1) is 0 Å². The second kappa shape index (κ2) is 7.64. The monoisotopic (exact) mass is 418 g/mol. The summed E-state index contributed by atoms with van der Waals surface area (Å²) in [5.41, 5.74) is 0.551. The summed E-state index contributed by atoms with van der Waals surface area (Å²) in [5, 5.41) is 5.33. The summed E-state index contributed by atoms with van der Waals surface area (Å²) < 4.78 is 34.9. The smallest absolute Gasteiger partial charge is 0.337 e. The number of hydrogen-bond donors (Lipinski definition) is 1. The van der Waals surface area contributed by atoms with E-state index in [4.69, 9.17) is 9.88 Å². The van der Waals surface area contributed by atoms with Gasteiger partial charge < -0.3 is 9.47 Å². The number of nitrogens with zero attached hydrogens (tertiary/aromatic N) is 1. The number of sulfonamides is 1. The van der Waals surface area contributed by atoms with E-state index in [1.54, 1.807) is 24.3 Å². The molecule has 152 valence electrons. The fourth-order valence-electron chi connectivity index (χ4n) is 2.87. The highest BCUT2D eigenvalue weighted by Crippen LogP contribution is 2.41. The van der Waals surface area contributed by atoms with E-state index in [0.29, 0.717) is 0 Å². The molecule has 0 bridgehead atoms. The molecule has 0 spiro atoms. The van der Waals surface area contributed by atoms with Gasteiger partial charge in [-0.2, -0.15) is 0 Å². The molecule has 2 amide bonds. The molecular formula is C19H18N2O7S. The normalized spacial score (nSPS) is 14.2. The Morgan fingerprint density at radius 3 is 2.17 bits per heavy atom. The van der Waals surface area contributed by atoms with Crippen molar-refractivity contribution >= 4 is 33.5 Å². The molecule has 0 unspecified atom stereocenters. The Hall–Kier alpha value is -3.24. The van der Waals surface area contributed by atoms with Gasteiger partial charge in [0.15, 0.2) is 5.75 Å². The lowest BCUT2D eigenvalue weighted by atomic mass is 10.1. The predicted molar refractivity (Wildman–Crippen MR) is 102 cm³/mol. The SMILES string of the molecule is COC(=O)c1cc(N2C(=O)CCC2=O)c(Oc2ccc(C)cc2)c(S(N)(=O)=O)c1. The summed E-state index contributed by atoms with van der Waals surface area (Å²) in [6.07, 6.45) is -0.0913. The van der Waals surface area contributed by atoms with Crippen molar-refractivity contribution in [1.82, 2.24) is 0 Å². The van der Waals surface area contributed by atoms with Crippen LogP contribution in [0.3, 0.4) is 0 Å². The molecule has 1 fully saturated rings. The van der Waals surface area contributed by atoms with Crippen LogP contribution in [-0.2, 0) is 24.3 Å². The summed E-state index contributed by atoms with van der Waals surface area (Å²) in [6.45, 7) is 1.86. The Labute approximate surface area is 167 Å². The zero-order chi connectivity index (χ0) is 21.3. The molecule has 2 N–H and O–H groups in total. The standard InChI is InChI=1S/C19H18N2O7S/c1-11-3-5-13(6-4-11)28-18-14(21-16(22)7-8-17(21)23)9-12(19(24)27-2)10-15(18)29(20,25)26/h3-6,9-10H,7-8H2,1-2H3,(H2,20,25,26). The molecule has 3 rings (SSSR count). The largest absolute Gasteiger partial charge is 0.465 e. The minimum Gasteiger partial charge on any atom is -0.465 e. The van der Waals surface area contributed by atoms with Crippen LogP contribution in [0.1, 0.15) is 28.8 Å². The lowest BCUT2D eigenvalue weighted by molar-refractivity contribution is -0.121. The minimum absolute atomic E-state index is 0.0457. The van der Waals surface area contributed by atoms with Crippen molar-refractivity contribution in [1.29, 1.82) is 0 Å². The van der Waals surface area contributed by atoms with Crippen molar-refractivity contribution in [2.45, 2.75) is 24.7 Å². The first-order valence-corrected chi connectivity index (χ1v) is 10.1. The van der Waals surface area contributed by atoms with Crippen LogP contribution in [0.5, 0.6) is 11.5 Å². The van der Waals surface area contributed by atoms with Crippen LogP contribution in [-0.4, -0.2) is 33.3 Å². The molecule has 0 radical (unpaired) electrons. The number of hydrogen-bond acceptors (Lipinski definition) is 7. The van der Waals surface area contributed by atoms with Gasteiger partial charge in [-0.05, 0) is 31.2 Å². The van der Waals surface area contributed by atoms with Gasteiger partial charge >= 0.3 is 5.97 Å². The van der Waals surface area contributed by atoms with Gasteiger partial charge in [-0.3, -0.25) is 9.59 Å². The highest BCUT2D eigenvalue weighted by atomic mass is 32.2. The molecule has 0 atom stereocenters. The number of amides is 2. The number of imide groups is 1. The maximum absolute atomic E-state index is 12.3. The lowest BCUT2D eigenvalue weighted by Gasteiger charge is -2.21. The van der Waals surface area contributed by atoms with E-state index in [9.17, 15) is 22.8 Å². The molecule has 0 aliphatic carbocycles. The fraction of sp³-hybridized carbons (Fsp3) is 0.211. The number of primary sulfonamides is 1. The topological polar surface area (TPSA) is 133 Å². The van der Waals surface area contributed by atoms with Crippen LogP contribution < -0.4 is 14.8 Å². The minimum atomic E-state index is -4.40. The molecular weight excluding hydrogens is 400 g/mol. The van der Waals surface area contributed by atoms with E-state index in [0.717, 1.165) is 23.6 Å². The van der Waals surface area contributed by atoms with Crippen LogP contribution in [0.25, 0.3) is 0 Å². The van der Waals surface area contributed by atoms with Crippen LogP contribution in [0.4, 0.5) is 5.69 Å². The van der Waals surface area contributed by atoms with E-state index in [-0.39, 0.29) is 35.6 Å². The number of aryl methyl sites for hydroxylation is 1. The number of nitrogens with two attached hydrogens (primary N) is 1. The van der Waals surface area contributed by atoms with Crippen molar-refractivity contribution in [2.75, 3.05) is 12.0 Å². The highest BCUT2D eigenvalue weighted by molar-refractivity contribution is 7.89. The van der Waals surface area contributed by atoms with Gasteiger partial charge in [0, 0.05) is 12.8 Å². The summed E-state index contributed by atoms with van der Waals surface area (Å²) in [5.74, 6) is -2.03. The second-order valence-corrected chi connectivity index (χ2v) is 7.93. The Balaban J connectivity index is 2.29. The summed E-state index contributed by atoms with van der Waals surface area (Å²) in [7, 11) is -3.28. The third-order valence-corrected chi connectivity index (χ3v) is 5.21. The number of rotatable bonds is 5. The number of methoxy groups -OCH3 is 1. The third-order valence-electron chi connectivity index (χ3n) is 4.30. The molecule has 0 aromatic heterocycles. The Morgan fingerprint density at radius 1 is 1.07 bits per heavy atom. The first kappa shape index (κ1) is 20.5. The molecule has 10 heteroatoms. The van der Waals surface area contributed by atoms with E-state index < -0.39 is 32.7 Å². The van der Waals surface area contributed by atoms with Crippen molar-refractivity contribution in [3.63, 3.8) is 0 Å². The van der Waals surface area contributed by atoms with Gasteiger partial charge in [0.1, 0.15) is 10.6 Å². The average Bonchev–Trinajstić information content (AvgIpc) is 3.00. The van der Waals surface area contributed by atoms with Gasteiger partial charge in [0.2, 0.25) is 21.8 Å². The van der Waals surface area contributed by atoms with Gasteiger partial charge in [-0.1, -0.05) is 17.7 Å². The lowest BCUT2D eigenvalue weighted by Crippen LogP contribution is -2.30. The van der Waals surface area contributed by atoms with E-state index in [1.807, 2.05) is 6.92 Å². The van der Waals surface area contributed by atoms with Gasteiger partial charge in [0.25, 0.3) is 0 Å². The quantitative estimate of drug-likeness (QED) is 0.579. The first-order chi connectivity index (χ1) is 13.6. The van der Waals surface area contributed by atoms with Crippen molar-refractivity contribution in [2.24, 2.45) is 5.14 Å². The molecule has 2 aromatic carbocycles. The Kier molecular flexibility index (Phi) is 5.40. The number of carbonyl (C=O) groups excluding carboxylic acids is 3. The zero-order valence-corrected chi connectivity index (χ0v) is 16.5. The molecule has 1 aliphatic heterocycles. The Morgan fingerprint density at radius 2 is 1.66 bits per heavy atom. The van der Waals surface area contributed by atoms with Crippen LogP contribution >= 0.6 is 0 Å². The average molecular weight is 418 g/mol. The third kappa shape index (κ3) is 4.13. The number of carbonyl (C=O) groups is 3. The van der Waals surface area contributed by atoms with Gasteiger partial charge in [-0.25, -0.2) is 23.3 Å². The van der Waals surface area contributed by atoms with Crippen molar-refractivity contribution < 1.29 is 32.3 Å². The molecule has 0 saturated carbocycles. The van der Waals surface area contributed by atoms with E-state index >= 15 is 0 Å². The fourth-order valence-corrected chi connectivity index (χ4v) is 3.57. The number of benzene rings is 2. The first-order valence-electron chi connectivity index (χ1n) is 8.51. The zero-order valence-electron chi connectivity index (χ0n) is 15.7. The summed E-state index contributed by atoms with van der Waals surface area (Å²) in [4.78, 5) is 36.9.